The summed E-state index contributed by atoms with van der Waals surface area (Å²) in [6.07, 6.45) is 0. The lowest BCUT2D eigenvalue weighted by Gasteiger charge is -2.07. The summed E-state index contributed by atoms with van der Waals surface area (Å²) in [7, 11) is 0. The Morgan fingerprint density at radius 3 is 1.88 bits per heavy atom. The monoisotopic (exact) mass is 338 g/mol. The van der Waals surface area contributed by atoms with Crippen LogP contribution in [0.3, 0.4) is 0 Å². The lowest BCUT2D eigenvalue weighted by Crippen LogP contribution is -2.12. The summed E-state index contributed by atoms with van der Waals surface area (Å²) < 4.78 is 1.80. The van der Waals surface area contributed by atoms with Crippen molar-refractivity contribution in [3.8, 4) is 22.5 Å². The maximum Gasteiger partial charge on any atom is 0.184 e. The van der Waals surface area contributed by atoms with Crippen LogP contribution < -0.4 is 0 Å². The number of aromatic nitrogens is 2. The summed E-state index contributed by atoms with van der Waals surface area (Å²) in [5.74, 6) is 0.0468. The first kappa shape index (κ1) is 16.0. The molecule has 0 saturated carbocycles. The number of carbonyl (C=O) groups excluding carboxylic acids is 1. The molecule has 3 aromatic carbocycles. The number of hydrogen-bond acceptors (Lipinski definition) is 2. The molecule has 126 valence electrons. The van der Waals surface area contributed by atoms with Crippen molar-refractivity contribution in [1.82, 2.24) is 9.78 Å². The average Bonchev–Trinajstić information content (AvgIpc) is 3.14. The molecule has 0 spiro atoms. The number of Topliss-reactive ketones (excluding diaryl/α,β-unsaturated/α-hetero) is 1. The summed E-state index contributed by atoms with van der Waals surface area (Å²) >= 11 is 0. The predicted octanol–water partition coefficient (Wildman–Crippen LogP) is 5.10. The van der Waals surface area contributed by atoms with E-state index in [9.17, 15) is 4.79 Å². The smallest absolute Gasteiger partial charge is 0.184 e. The normalized spacial score (nSPS) is 10.6. The highest BCUT2D eigenvalue weighted by molar-refractivity contribution is 5.96. The quantitative estimate of drug-likeness (QED) is 0.475. The van der Waals surface area contributed by atoms with E-state index in [0.717, 1.165) is 22.5 Å². The molecule has 26 heavy (non-hydrogen) atoms. The van der Waals surface area contributed by atoms with Crippen molar-refractivity contribution in [3.63, 3.8) is 0 Å². The van der Waals surface area contributed by atoms with Crippen LogP contribution in [-0.2, 0) is 6.54 Å². The van der Waals surface area contributed by atoms with Gasteiger partial charge in [-0.05, 0) is 11.6 Å². The minimum atomic E-state index is 0.0468. The first-order chi connectivity index (χ1) is 12.8. The van der Waals surface area contributed by atoms with E-state index in [0.29, 0.717) is 5.56 Å². The van der Waals surface area contributed by atoms with Gasteiger partial charge in [0.1, 0.15) is 6.54 Å². The summed E-state index contributed by atoms with van der Waals surface area (Å²) in [6, 6.07) is 31.5. The van der Waals surface area contributed by atoms with Crippen LogP contribution in [-0.4, -0.2) is 15.6 Å². The highest BCUT2D eigenvalue weighted by Gasteiger charge is 2.15. The molecule has 3 nitrogen and oxygen atoms in total. The standard InChI is InChI=1S/C23H18N2O/c26-23(20-14-8-3-9-15-20)17-25-22(19-12-6-2-7-13-19)16-21(24-25)18-10-4-1-5-11-18/h1-16H,17H2. The number of hydrogen-bond donors (Lipinski definition) is 0. The number of carbonyl (C=O) groups is 1. The fourth-order valence-electron chi connectivity index (χ4n) is 2.98. The highest BCUT2D eigenvalue weighted by atomic mass is 16.1. The zero-order chi connectivity index (χ0) is 17.8. The third-order valence-corrected chi connectivity index (χ3v) is 4.31. The molecular weight excluding hydrogens is 320 g/mol. The van der Waals surface area contributed by atoms with Crippen LogP contribution in [0.2, 0.25) is 0 Å². The molecule has 0 bridgehead atoms. The zero-order valence-electron chi connectivity index (χ0n) is 14.2. The molecule has 0 aliphatic rings. The first-order valence-electron chi connectivity index (χ1n) is 8.58. The molecule has 0 saturated heterocycles. The van der Waals surface area contributed by atoms with Crippen molar-refractivity contribution in [2.45, 2.75) is 6.54 Å². The van der Waals surface area contributed by atoms with Crippen molar-refractivity contribution in [2.24, 2.45) is 0 Å². The van der Waals surface area contributed by atoms with Gasteiger partial charge >= 0.3 is 0 Å². The summed E-state index contributed by atoms with van der Waals surface area (Å²) in [6.45, 7) is 0.209. The van der Waals surface area contributed by atoms with Crippen LogP contribution in [0.15, 0.2) is 97.1 Å². The van der Waals surface area contributed by atoms with E-state index in [1.165, 1.54) is 0 Å². The zero-order valence-corrected chi connectivity index (χ0v) is 14.2. The summed E-state index contributed by atoms with van der Waals surface area (Å²) in [5.41, 5.74) is 4.58. The minimum absolute atomic E-state index is 0.0468. The van der Waals surface area contributed by atoms with Gasteiger partial charge in [-0.3, -0.25) is 9.48 Å². The van der Waals surface area contributed by atoms with Crippen LogP contribution in [0.4, 0.5) is 0 Å². The summed E-state index contributed by atoms with van der Waals surface area (Å²) in [5, 5.41) is 4.72. The summed E-state index contributed by atoms with van der Waals surface area (Å²) in [4.78, 5) is 12.7. The van der Waals surface area contributed by atoms with E-state index >= 15 is 0 Å². The SMILES string of the molecule is O=C(Cn1nc(-c2ccccc2)cc1-c1ccccc1)c1ccccc1. The molecule has 4 aromatic rings. The van der Waals surface area contributed by atoms with Gasteiger partial charge in [0.15, 0.2) is 5.78 Å². The molecule has 1 aromatic heterocycles. The van der Waals surface area contributed by atoms with Gasteiger partial charge in [0, 0.05) is 11.1 Å². The fourth-order valence-corrected chi connectivity index (χ4v) is 2.98. The van der Waals surface area contributed by atoms with Crippen LogP contribution in [0.1, 0.15) is 10.4 Å². The first-order valence-corrected chi connectivity index (χ1v) is 8.58. The Morgan fingerprint density at radius 2 is 1.27 bits per heavy atom. The average molecular weight is 338 g/mol. The molecule has 0 atom stereocenters. The molecule has 0 radical (unpaired) electrons. The number of rotatable bonds is 5. The topological polar surface area (TPSA) is 34.9 Å². The molecule has 4 rings (SSSR count). The lowest BCUT2D eigenvalue weighted by atomic mass is 10.1. The van der Waals surface area contributed by atoms with E-state index in [1.807, 2.05) is 97.1 Å². The Bertz CT molecular complexity index is 1010. The highest BCUT2D eigenvalue weighted by Crippen LogP contribution is 2.26. The van der Waals surface area contributed by atoms with E-state index in [-0.39, 0.29) is 12.3 Å². The van der Waals surface area contributed by atoms with Crippen molar-refractivity contribution in [3.05, 3.63) is 103 Å². The van der Waals surface area contributed by atoms with Gasteiger partial charge in [-0.2, -0.15) is 5.10 Å². The molecule has 3 heteroatoms. The van der Waals surface area contributed by atoms with Gasteiger partial charge in [-0.15, -0.1) is 0 Å². The second kappa shape index (κ2) is 7.19. The number of benzene rings is 3. The fraction of sp³-hybridized carbons (Fsp3) is 0.0435. The third kappa shape index (κ3) is 3.33. The van der Waals surface area contributed by atoms with Crippen molar-refractivity contribution < 1.29 is 4.79 Å². The molecule has 0 unspecified atom stereocenters. The second-order valence-corrected chi connectivity index (χ2v) is 6.09. The Labute approximate surface area is 152 Å². The van der Waals surface area contributed by atoms with Crippen LogP contribution in [0, 0.1) is 0 Å². The molecule has 1 heterocycles. The number of ketones is 1. The third-order valence-electron chi connectivity index (χ3n) is 4.31. The maximum absolute atomic E-state index is 12.7. The van der Waals surface area contributed by atoms with Crippen molar-refractivity contribution >= 4 is 5.78 Å². The van der Waals surface area contributed by atoms with Gasteiger partial charge in [0.25, 0.3) is 0 Å². The van der Waals surface area contributed by atoms with E-state index < -0.39 is 0 Å². The van der Waals surface area contributed by atoms with Crippen LogP contribution >= 0.6 is 0 Å². The van der Waals surface area contributed by atoms with E-state index in [2.05, 4.69) is 0 Å². The van der Waals surface area contributed by atoms with E-state index in [1.54, 1.807) is 4.68 Å². The van der Waals surface area contributed by atoms with E-state index in [4.69, 9.17) is 5.10 Å². The maximum atomic E-state index is 12.7. The molecule has 0 N–H and O–H groups in total. The Balaban J connectivity index is 1.75. The Hall–Kier alpha value is -3.46. The molecule has 0 fully saturated rings. The van der Waals surface area contributed by atoms with Crippen LogP contribution in [0.5, 0.6) is 0 Å². The minimum Gasteiger partial charge on any atom is -0.292 e. The largest absolute Gasteiger partial charge is 0.292 e. The molecule has 0 amide bonds. The van der Waals surface area contributed by atoms with Gasteiger partial charge < -0.3 is 0 Å². The van der Waals surface area contributed by atoms with Crippen molar-refractivity contribution in [2.75, 3.05) is 0 Å². The second-order valence-electron chi connectivity index (χ2n) is 6.09. The van der Waals surface area contributed by atoms with Crippen LogP contribution in [0.25, 0.3) is 22.5 Å². The van der Waals surface area contributed by atoms with Crippen molar-refractivity contribution in [1.29, 1.82) is 0 Å². The lowest BCUT2D eigenvalue weighted by molar-refractivity contribution is 0.0968. The predicted molar refractivity (Wildman–Crippen MR) is 104 cm³/mol. The Morgan fingerprint density at radius 1 is 0.731 bits per heavy atom. The molecular formula is C23H18N2O. The van der Waals surface area contributed by atoms with Gasteiger partial charge in [-0.25, -0.2) is 0 Å². The number of nitrogens with zero attached hydrogens (tertiary/aromatic N) is 2. The molecule has 0 aliphatic heterocycles. The van der Waals surface area contributed by atoms with Gasteiger partial charge in [-0.1, -0.05) is 91.0 Å². The Kier molecular flexibility index (Phi) is 4.44. The van der Waals surface area contributed by atoms with Gasteiger partial charge in [0.2, 0.25) is 0 Å². The van der Waals surface area contributed by atoms with Gasteiger partial charge in [0.05, 0.1) is 11.4 Å². The molecule has 0 aliphatic carbocycles.